The van der Waals surface area contributed by atoms with E-state index in [1.807, 2.05) is 13.0 Å². The molecule has 112 valence electrons. The van der Waals surface area contributed by atoms with Crippen LogP contribution in [0.15, 0.2) is 12.1 Å². The largest absolute Gasteiger partial charge is 0.480 e. The smallest absolute Gasteiger partial charge is 0.326 e. The number of nitrogens with one attached hydrogen (secondary N) is 1. The molecule has 1 rings (SSSR count). The fourth-order valence-corrected chi connectivity index (χ4v) is 2.81. The Morgan fingerprint density at radius 2 is 2.20 bits per heavy atom. The van der Waals surface area contributed by atoms with Crippen molar-refractivity contribution < 1.29 is 14.7 Å². The van der Waals surface area contributed by atoms with Crippen LogP contribution in [0, 0.1) is 0 Å². The number of thiophene rings is 1. The van der Waals surface area contributed by atoms with E-state index in [2.05, 4.69) is 5.32 Å². The number of aliphatic carboxylic acids is 1. The summed E-state index contributed by atoms with van der Waals surface area (Å²) in [6.07, 6.45) is 2.10. The lowest BCUT2D eigenvalue weighted by atomic mass is 10.1. The van der Waals surface area contributed by atoms with Gasteiger partial charge in [0, 0.05) is 11.9 Å². The van der Waals surface area contributed by atoms with Crippen LogP contribution in [0.5, 0.6) is 0 Å². The number of halogens is 1. The Hall–Kier alpha value is -1.27. The van der Waals surface area contributed by atoms with Gasteiger partial charge >= 0.3 is 12.0 Å². The lowest BCUT2D eigenvalue weighted by Crippen LogP contribution is -2.46. The number of carboxylic acid groups (broad SMARTS) is 1. The Morgan fingerprint density at radius 1 is 1.50 bits per heavy atom. The first-order chi connectivity index (χ1) is 9.43. The predicted molar refractivity (Wildman–Crippen MR) is 80.3 cm³/mol. The van der Waals surface area contributed by atoms with Crippen molar-refractivity contribution in [3.05, 3.63) is 21.3 Å². The molecule has 0 unspecified atom stereocenters. The lowest BCUT2D eigenvalue weighted by molar-refractivity contribution is -0.139. The highest BCUT2D eigenvalue weighted by molar-refractivity contribution is 7.16. The van der Waals surface area contributed by atoms with Crippen LogP contribution in [0.2, 0.25) is 4.34 Å². The second kappa shape index (κ2) is 8.11. The van der Waals surface area contributed by atoms with Gasteiger partial charge in [-0.1, -0.05) is 31.4 Å². The highest BCUT2D eigenvalue weighted by Crippen LogP contribution is 2.22. The Bertz CT molecular complexity index is 464. The van der Waals surface area contributed by atoms with Crippen molar-refractivity contribution in [3.63, 3.8) is 0 Å². The van der Waals surface area contributed by atoms with Crippen molar-refractivity contribution in [1.29, 1.82) is 0 Å². The van der Waals surface area contributed by atoms with Crippen molar-refractivity contribution in [3.8, 4) is 0 Å². The van der Waals surface area contributed by atoms with E-state index in [0.717, 1.165) is 17.7 Å². The molecule has 0 radical (unpaired) electrons. The average Bonchev–Trinajstić information content (AvgIpc) is 2.79. The van der Waals surface area contributed by atoms with Gasteiger partial charge in [-0.2, -0.15) is 0 Å². The van der Waals surface area contributed by atoms with Crippen LogP contribution < -0.4 is 5.32 Å². The van der Waals surface area contributed by atoms with E-state index < -0.39 is 18.0 Å². The average molecular weight is 319 g/mol. The van der Waals surface area contributed by atoms with Crippen molar-refractivity contribution in [2.24, 2.45) is 0 Å². The Balaban J connectivity index is 2.52. The maximum Gasteiger partial charge on any atom is 0.326 e. The first kappa shape index (κ1) is 16.8. The summed E-state index contributed by atoms with van der Waals surface area (Å²) in [4.78, 5) is 25.4. The summed E-state index contributed by atoms with van der Waals surface area (Å²) < 4.78 is 0.667. The SMILES string of the molecule is CCCC[C@H](NC(=O)N(C)Cc1ccc(Cl)s1)C(=O)O. The van der Waals surface area contributed by atoms with Crippen molar-refractivity contribution >= 4 is 34.9 Å². The molecule has 0 aliphatic carbocycles. The molecular weight excluding hydrogens is 300 g/mol. The minimum Gasteiger partial charge on any atom is -0.480 e. The molecule has 2 N–H and O–H groups in total. The Labute approximate surface area is 127 Å². The second-order valence-electron chi connectivity index (χ2n) is 4.54. The summed E-state index contributed by atoms with van der Waals surface area (Å²) in [7, 11) is 1.63. The number of carbonyl (C=O) groups excluding carboxylic acids is 1. The summed E-state index contributed by atoms with van der Waals surface area (Å²) in [5.41, 5.74) is 0. The summed E-state index contributed by atoms with van der Waals surface area (Å²) in [6.45, 7) is 2.39. The van der Waals surface area contributed by atoms with Crippen LogP contribution in [-0.4, -0.2) is 35.1 Å². The van der Waals surface area contributed by atoms with E-state index in [0.29, 0.717) is 17.3 Å². The summed E-state index contributed by atoms with van der Waals surface area (Å²) in [6, 6.07) is 2.40. The van der Waals surface area contributed by atoms with E-state index >= 15 is 0 Å². The van der Waals surface area contributed by atoms with Crippen LogP contribution in [0.4, 0.5) is 4.79 Å². The Morgan fingerprint density at radius 3 is 2.70 bits per heavy atom. The summed E-state index contributed by atoms with van der Waals surface area (Å²) in [5.74, 6) is -1.00. The van der Waals surface area contributed by atoms with Gasteiger partial charge < -0.3 is 15.3 Å². The maximum atomic E-state index is 12.0. The monoisotopic (exact) mass is 318 g/mol. The number of rotatable bonds is 7. The molecule has 0 saturated carbocycles. The quantitative estimate of drug-likeness (QED) is 0.811. The van der Waals surface area contributed by atoms with Crippen molar-refractivity contribution in [2.75, 3.05) is 7.05 Å². The zero-order chi connectivity index (χ0) is 15.1. The van der Waals surface area contributed by atoms with E-state index in [4.69, 9.17) is 16.7 Å². The third-order valence-corrected chi connectivity index (χ3v) is 4.03. The van der Waals surface area contributed by atoms with Crippen molar-refractivity contribution in [2.45, 2.75) is 38.8 Å². The third-order valence-electron chi connectivity index (χ3n) is 2.81. The van der Waals surface area contributed by atoms with Gasteiger partial charge in [0.1, 0.15) is 6.04 Å². The molecule has 1 heterocycles. The molecule has 20 heavy (non-hydrogen) atoms. The third kappa shape index (κ3) is 5.38. The maximum absolute atomic E-state index is 12.0. The minimum atomic E-state index is -1.00. The van der Waals surface area contributed by atoms with Crippen molar-refractivity contribution in [1.82, 2.24) is 10.2 Å². The minimum absolute atomic E-state index is 0.391. The molecule has 0 fully saturated rings. The van der Waals surface area contributed by atoms with Gasteiger partial charge in [0.2, 0.25) is 0 Å². The molecule has 1 aromatic heterocycles. The number of carboxylic acids is 1. The van der Waals surface area contributed by atoms with E-state index in [1.165, 1.54) is 16.2 Å². The number of hydrogen-bond acceptors (Lipinski definition) is 3. The van der Waals surface area contributed by atoms with Gasteiger partial charge in [-0.15, -0.1) is 11.3 Å². The molecule has 2 amide bonds. The predicted octanol–water partition coefficient (Wildman–Crippen LogP) is 3.19. The fourth-order valence-electron chi connectivity index (χ4n) is 1.67. The number of hydrogen-bond donors (Lipinski definition) is 2. The van der Waals surface area contributed by atoms with Crippen LogP contribution in [0.3, 0.4) is 0 Å². The van der Waals surface area contributed by atoms with Gasteiger partial charge in [-0.3, -0.25) is 0 Å². The standard InChI is InChI=1S/C13H19ClN2O3S/c1-3-4-5-10(12(17)18)15-13(19)16(2)8-9-6-7-11(14)20-9/h6-7,10H,3-5,8H2,1-2H3,(H,15,19)(H,17,18)/t10-/m0/s1. The molecule has 0 aromatic carbocycles. The van der Waals surface area contributed by atoms with Crippen LogP contribution in [0.25, 0.3) is 0 Å². The second-order valence-corrected chi connectivity index (χ2v) is 6.34. The number of amides is 2. The first-order valence-corrected chi connectivity index (χ1v) is 7.62. The van der Waals surface area contributed by atoms with E-state index in [1.54, 1.807) is 13.1 Å². The van der Waals surface area contributed by atoms with Crippen LogP contribution in [-0.2, 0) is 11.3 Å². The van der Waals surface area contributed by atoms with Gasteiger partial charge in [0.25, 0.3) is 0 Å². The highest BCUT2D eigenvalue weighted by Gasteiger charge is 2.21. The van der Waals surface area contributed by atoms with Gasteiger partial charge in [-0.05, 0) is 18.6 Å². The molecule has 0 saturated heterocycles. The number of urea groups is 1. The molecule has 7 heteroatoms. The molecule has 0 aliphatic rings. The van der Waals surface area contributed by atoms with E-state index in [-0.39, 0.29) is 0 Å². The molecular formula is C13H19ClN2O3S. The summed E-state index contributed by atoms with van der Waals surface area (Å²) >= 11 is 7.23. The normalized spacial score (nSPS) is 11.9. The Kier molecular flexibility index (Phi) is 6.81. The van der Waals surface area contributed by atoms with Crippen LogP contribution in [0.1, 0.15) is 31.1 Å². The summed E-state index contributed by atoms with van der Waals surface area (Å²) in [5, 5.41) is 11.6. The molecule has 0 aliphatic heterocycles. The first-order valence-electron chi connectivity index (χ1n) is 6.42. The highest BCUT2D eigenvalue weighted by atomic mass is 35.5. The molecule has 0 bridgehead atoms. The number of unbranched alkanes of at least 4 members (excludes halogenated alkanes) is 1. The number of carbonyl (C=O) groups is 2. The molecule has 5 nitrogen and oxygen atoms in total. The lowest BCUT2D eigenvalue weighted by Gasteiger charge is -2.20. The van der Waals surface area contributed by atoms with E-state index in [9.17, 15) is 9.59 Å². The molecule has 0 spiro atoms. The van der Waals surface area contributed by atoms with Gasteiger partial charge in [0.05, 0.1) is 10.9 Å². The van der Waals surface area contributed by atoms with Crippen LogP contribution >= 0.6 is 22.9 Å². The topological polar surface area (TPSA) is 69.6 Å². The van der Waals surface area contributed by atoms with Gasteiger partial charge in [-0.25, -0.2) is 9.59 Å². The van der Waals surface area contributed by atoms with Gasteiger partial charge in [0.15, 0.2) is 0 Å². The molecule has 1 atom stereocenters. The fraction of sp³-hybridized carbons (Fsp3) is 0.538. The zero-order valence-electron chi connectivity index (χ0n) is 11.6. The zero-order valence-corrected chi connectivity index (χ0v) is 13.1. The number of nitrogens with zero attached hydrogens (tertiary/aromatic N) is 1. The molecule has 1 aromatic rings.